The fourth-order valence-electron chi connectivity index (χ4n) is 3.56. The number of hydrogen-bond acceptors (Lipinski definition) is 2. The molecule has 1 aliphatic carbocycles. The summed E-state index contributed by atoms with van der Waals surface area (Å²) in [5, 5.41) is 8.87. The van der Waals surface area contributed by atoms with Crippen LogP contribution in [0.1, 0.15) is 37.7 Å². The van der Waals surface area contributed by atoms with Crippen LogP contribution >= 0.6 is 0 Å². The monoisotopic (exact) mass is 331 g/mol. The molecule has 0 atom stereocenters. The molecule has 1 aliphatic rings. The third-order valence-corrected chi connectivity index (χ3v) is 5.15. The normalized spacial score (nSPS) is 19.8. The Morgan fingerprint density at radius 3 is 2.04 bits per heavy atom. The van der Waals surface area contributed by atoms with Gasteiger partial charge in [0.2, 0.25) is 0 Å². The predicted molar refractivity (Wildman–Crippen MR) is 102 cm³/mol. The van der Waals surface area contributed by atoms with Crippen LogP contribution in [0.15, 0.2) is 61.2 Å². The molecule has 0 spiro atoms. The number of benzene rings is 2. The zero-order valence-corrected chi connectivity index (χ0v) is 14.7. The number of ether oxygens (including phenoxy) is 1. The Morgan fingerprint density at radius 2 is 1.48 bits per heavy atom. The lowest BCUT2D eigenvalue weighted by Crippen LogP contribution is -2.19. The Labute approximate surface area is 150 Å². The third kappa shape index (κ3) is 4.73. The van der Waals surface area contributed by atoms with E-state index in [1.807, 2.05) is 36.4 Å². The van der Waals surface area contributed by atoms with Crippen LogP contribution in [-0.2, 0) is 0 Å². The van der Waals surface area contributed by atoms with E-state index in [0.717, 1.165) is 35.8 Å². The van der Waals surface area contributed by atoms with Crippen molar-refractivity contribution < 1.29 is 4.74 Å². The molecular formula is C23H25NO. The van der Waals surface area contributed by atoms with Crippen molar-refractivity contribution in [2.75, 3.05) is 6.61 Å². The molecule has 25 heavy (non-hydrogen) atoms. The molecule has 0 N–H and O–H groups in total. The van der Waals surface area contributed by atoms with Gasteiger partial charge in [0.25, 0.3) is 0 Å². The Morgan fingerprint density at radius 1 is 0.920 bits per heavy atom. The van der Waals surface area contributed by atoms with Gasteiger partial charge in [-0.2, -0.15) is 5.26 Å². The van der Waals surface area contributed by atoms with Gasteiger partial charge in [0.1, 0.15) is 5.75 Å². The summed E-state index contributed by atoms with van der Waals surface area (Å²) in [6.07, 6.45) is 8.35. The maximum Gasteiger partial charge on any atom is 0.119 e. The first-order valence-electron chi connectivity index (χ1n) is 9.13. The summed E-state index contributed by atoms with van der Waals surface area (Å²) < 4.78 is 6.00. The largest absolute Gasteiger partial charge is 0.493 e. The minimum absolute atomic E-state index is 0.680. The highest BCUT2D eigenvalue weighted by atomic mass is 16.5. The fourth-order valence-corrected chi connectivity index (χ4v) is 3.56. The van der Waals surface area contributed by atoms with Crippen LogP contribution in [0, 0.1) is 23.2 Å². The van der Waals surface area contributed by atoms with Crippen LogP contribution in [0.25, 0.3) is 11.1 Å². The van der Waals surface area contributed by atoms with Crippen LogP contribution in [0.2, 0.25) is 0 Å². The van der Waals surface area contributed by atoms with E-state index in [4.69, 9.17) is 10.00 Å². The molecular weight excluding hydrogens is 306 g/mol. The first-order chi connectivity index (χ1) is 12.3. The van der Waals surface area contributed by atoms with Gasteiger partial charge in [-0.15, -0.1) is 6.58 Å². The van der Waals surface area contributed by atoms with E-state index in [1.165, 1.54) is 25.7 Å². The van der Waals surface area contributed by atoms with E-state index < -0.39 is 0 Å². The lowest BCUT2D eigenvalue weighted by molar-refractivity contribution is 0.183. The smallest absolute Gasteiger partial charge is 0.119 e. The van der Waals surface area contributed by atoms with E-state index in [9.17, 15) is 0 Å². The summed E-state index contributed by atoms with van der Waals surface area (Å²) in [6.45, 7) is 4.66. The molecule has 0 amide bonds. The van der Waals surface area contributed by atoms with Gasteiger partial charge in [0, 0.05) is 0 Å². The van der Waals surface area contributed by atoms with Crippen molar-refractivity contribution in [1.82, 2.24) is 0 Å². The predicted octanol–water partition coefficient (Wildman–Crippen LogP) is 5.99. The molecule has 0 aliphatic heterocycles. The van der Waals surface area contributed by atoms with E-state index in [2.05, 4.69) is 30.9 Å². The molecule has 2 aromatic carbocycles. The minimum atomic E-state index is 0.680. The highest BCUT2D eigenvalue weighted by molar-refractivity contribution is 5.64. The molecule has 0 saturated heterocycles. The number of allylic oxidation sites excluding steroid dienone is 1. The van der Waals surface area contributed by atoms with Crippen molar-refractivity contribution in [1.29, 1.82) is 5.26 Å². The molecule has 2 heteroatoms. The standard InChI is InChI=1S/C23H25NO/c1-2-3-18-4-6-20(7-5-18)17-25-23-14-12-22(13-15-23)21-10-8-19(16-24)9-11-21/h2,8-15,18,20H,1,3-7,17H2. The number of rotatable bonds is 6. The molecule has 0 unspecified atom stereocenters. The molecule has 1 saturated carbocycles. The molecule has 3 rings (SSSR count). The number of nitrogens with zero attached hydrogens (tertiary/aromatic N) is 1. The van der Waals surface area contributed by atoms with Crippen molar-refractivity contribution in [2.24, 2.45) is 11.8 Å². The number of hydrogen-bond donors (Lipinski definition) is 0. The van der Waals surface area contributed by atoms with E-state index in [1.54, 1.807) is 0 Å². The lowest BCUT2D eigenvalue weighted by Gasteiger charge is -2.27. The second-order valence-corrected chi connectivity index (χ2v) is 6.94. The average Bonchev–Trinajstić information content (AvgIpc) is 2.68. The van der Waals surface area contributed by atoms with E-state index in [-0.39, 0.29) is 0 Å². The van der Waals surface area contributed by atoms with Gasteiger partial charge >= 0.3 is 0 Å². The Kier molecular flexibility index (Phi) is 5.90. The van der Waals surface area contributed by atoms with Crippen molar-refractivity contribution in [3.63, 3.8) is 0 Å². The summed E-state index contributed by atoms with van der Waals surface area (Å²) in [5.74, 6) is 2.45. The van der Waals surface area contributed by atoms with Gasteiger partial charge in [-0.05, 0) is 79.3 Å². The first-order valence-corrected chi connectivity index (χ1v) is 9.13. The molecule has 0 radical (unpaired) electrons. The summed E-state index contributed by atoms with van der Waals surface area (Å²) >= 11 is 0. The topological polar surface area (TPSA) is 33.0 Å². The Balaban J connectivity index is 1.51. The van der Waals surface area contributed by atoms with Crippen LogP contribution in [-0.4, -0.2) is 6.61 Å². The Bertz CT molecular complexity index is 716. The highest BCUT2D eigenvalue weighted by Gasteiger charge is 2.20. The first kappa shape index (κ1) is 17.3. The summed E-state index contributed by atoms with van der Waals surface area (Å²) in [7, 11) is 0. The summed E-state index contributed by atoms with van der Waals surface area (Å²) in [4.78, 5) is 0. The van der Waals surface area contributed by atoms with Crippen molar-refractivity contribution in [2.45, 2.75) is 32.1 Å². The molecule has 2 aromatic rings. The molecule has 1 fully saturated rings. The summed E-state index contributed by atoms with van der Waals surface area (Å²) in [6, 6.07) is 18.1. The molecule has 0 aromatic heterocycles. The van der Waals surface area contributed by atoms with Crippen LogP contribution < -0.4 is 4.74 Å². The van der Waals surface area contributed by atoms with Gasteiger partial charge in [0.05, 0.1) is 18.2 Å². The second-order valence-electron chi connectivity index (χ2n) is 6.94. The fraction of sp³-hybridized carbons (Fsp3) is 0.348. The van der Waals surface area contributed by atoms with Crippen molar-refractivity contribution >= 4 is 0 Å². The average molecular weight is 331 g/mol. The van der Waals surface area contributed by atoms with Crippen LogP contribution in [0.4, 0.5) is 0 Å². The molecule has 0 bridgehead atoms. The molecule has 128 valence electrons. The maximum absolute atomic E-state index is 8.87. The van der Waals surface area contributed by atoms with Gasteiger partial charge in [0.15, 0.2) is 0 Å². The van der Waals surface area contributed by atoms with Gasteiger partial charge < -0.3 is 4.74 Å². The SMILES string of the molecule is C=CCC1CCC(COc2ccc(-c3ccc(C#N)cc3)cc2)CC1. The molecule has 0 heterocycles. The Hall–Kier alpha value is -2.53. The quantitative estimate of drug-likeness (QED) is 0.609. The van der Waals surface area contributed by atoms with Crippen LogP contribution in [0.3, 0.4) is 0 Å². The van der Waals surface area contributed by atoms with E-state index in [0.29, 0.717) is 11.5 Å². The zero-order valence-electron chi connectivity index (χ0n) is 14.7. The maximum atomic E-state index is 8.87. The molecule has 2 nitrogen and oxygen atoms in total. The zero-order chi connectivity index (χ0) is 17.5. The van der Waals surface area contributed by atoms with E-state index >= 15 is 0 Å². The third-order valence-electron chi connectivity index (χ3n) is 5.15. The summed E-state index contributed by atoms with van der Waals surface area (Å²) in [5.41, 5.74) is 2.94. The van der Waals surface area contributed by atoms with Gasteiger partial charge in [-0.1, -0.05) is 30.3 Å². The minimum Gasteiger partial charge on any atom is -0.493 e. The second kappa shape index (κ2) is 8.53. The van der Waals surface area contributed by atoms with Crippen molar-refractivity contribution in [3.05, 3.63) is 66.7 Å². The van der Waals surface area contributed by atoms with Crippen LogP contribution in [0.5, 0.6) is 5.75 Å². The highest BCUT2D eigenvalue weighted by Crippen LogP contribution is 2.31. The van der Waals surface area contributed by atoms with Gasteiger partial charge in [-0.25, -0.2) is 0 Å². The number of nitriles is 1. The lowest BCUT2D eigenvalue weighted by atomic mass is 9.81. The van der Waals surface area contributed by atoms with Crippen molar-refractivity contribution in [3.8, 4) is 22.9 Å². The van der Waals surface area contributed by atoms with Gasteiger partial charge in [-0.3, -0.25) is 0 Å².